The van der Waals surface area contributed by atoms with E-state index >= 15 is 0 Å². The van der Waals surface area contributed by atoms with E-state index in [1.807, 2.05) is 46.7 Å². The minimum Gasteiger partial charge on any atom is -0.352 e. The maximum atomic E-state index is 12.7. The highest BCUT2D eigenvalue weighted by Gasteiger charge is 2.27. The normalized spacial score (nSPS) is 16.2. The Morgan fingerprint density at radius 3 is 2.60 bits per heavy atom. The highest BCUT2D eigenvalue weighted by molar-refractivity contribution is 7.17. The number of nitrogens with two attached hydrogens (primary N) is 1. The van der Waals surface area contributed by atoms with E-state index in [9.17, 15) is 4.79 Å². The lowest BCUT2D eigenvalue weighted by Crippen LogP contribution is -2.51. The molecular weight excluding hydrogens is 334 g/mol. The number of nitrogens with zero attached hydrogens (tertiary/aromatic N) is 4. The van der Waals surface area contributed by atoms with Crippen LogP contribution in [0.15, 0.2) is 48.1 Å². The molecule has 4 rings (SSSR count). The molecule has 0 radical (unpaired) electrons. The Morgan fingerprint density at radius 1 is 1.08 bits per heavy atom. The van der Waals surface area contributed by atoms with Crippen LogP contribution in [0.3, 0.4) is 0 Å². The third-order valence-electron chi connectivity index (χ3n) is 4.54. The van der Waals surface area contributed by atoms with Crippen LogP contribution in [-0.4, -0.2) is 47.0 Å². The molecule has 1 fully saturated rings. The van der Waals surface area contributed by atoms with Crippen LogP contribution in [0.2, 0.25) is 0 Å². The zero-order valence-electron chi connectivity index (χ0n) is 13.7. The molecule has 1 saturated heterocycles. The lowest BCUT2D eigenvalue weighted by atomic mass is 10.1. The van der Waals surface area contributed by atoms with Crippen LogP contribution in [0.25, 0.3) is 10.2 Å². The third kappa shape index (κ3) is 3.08. The van der Waals surface area contributed by atoms with Gasteiger partial charge in [0.1, 0.15) is 18.2 Å². The predicted molar refractivity (Wildman–Crippen MR) is 99.6 cm³/mol. The lowest BCUT2D eigenvalue weighted by Gasteiger charge is -2.36. The van der Waals surface area contributed by atoms with Crippen molar-refractivity contribution >= 4 is 33.3 Å². The Labute approximate surface area is 149 Å². The Morgan fingerprint density at radius 2 is 1.84 bits per heavy atom. The number of benzene rings is 1. The van der Waals surface area contributed by atoms with E-state index in [-0.39, 0.29) is 5.91 Å². The Kier molecular flexibility index (Phi) is 4.33. The number of amides is 1. The Hall–Kier alpha value is -2.51. The topological polar surface area (TPSA) is 75.4 Å². The molecule has 6 nitrogen and oxygen atoms in total. The predicted octanol–water partition coefficient (Wildman–Crippen LogP) is 2.04. The zero-order chi connectivity index (χ0) is 17.2. The molecule has 0 spiro atoms. The minimum atomic E-state index is -0.601. The number of carbonyl (C=O) groups is 1. The van der Waals surface area contributed by atoms with Crippen LogP contribution >= 0.6 is 11.3 Å². The number of fused-ring (bicyclic) bond motifs is 1. The van der Waals surface area contributed by atoms with E-state index in [4.69, 9.17) is 5.73 Å². The first-order chi connectivity index (χ1) is 12.2. The molecule has 1 aliphatic rings. The summed E-state index contributed by atoms with van der Waals surface area (Å²) in [5, 5.41) is 2.03. The van der Waals surface area contributed by atoms with Gasteiger partial charge in [-0.25, -0.2) is 9.97 Å². The van der Waals surface area contributed by atoms with E-state index < -0.39 is 6.04 Å². The standard InChI is InChI=1S/C18H19N5OS/c19-15(13-4-2-1-3-5-13)18(24)23-9-7-22(8-10-23)17-16-14(6-11-25-16)20-12-21-17/h1-6,11-12,15H,7-10,19H2. The van der Waals surface area contributed by atoms with Gasteiger partial charge >= 0.3 is 0 Å². The molecule has 2 aromatic heterocycles. The van der Waals surface area contributed by atoms with Gasteiger partial charge in [0.05, 0.1) is 10.2 Å². The van der Waals surface area contributed by atoms with Crippen LogP contribution in [-0.2, 0) is 4.79 Å². The van der Waals surface area contributed by atoms with Crippen LogP contribution in [0.5, 0.6) is 0 Å². The largest absolute Gasteiger partial charge is 0.352 e. The Balaban J connectivity index is 1.45. The number of rotatable bonds is 3. The fourth-order valence-corrected chi connectivity index (χ4v) is 4.00. The third-order valence-corrected chi connectivity index (χ3v) is 5.44. The molecule has 0 aliphatic carbocycles. The lowest BCUT2D eigenvalue weighted by molar-refractivity contribution is -0.133. The molecule has 7 heteroatoms. The molecule has 1 aliphatic heterocycles. The van der Waals surface area contributed by atoms with Crippen LogP contribution < -0.4 is 10.6 Å². The van der Waals surface area contributed by atoms with Gasteiger partial charge in [-0.05, 0) is 17.0 Å². The summed E-state index contributed by atoms with van der Waals surface area (Å²) in [6.07, 6.45) is 1.60. The summed E-state index contributed by atoms with van der Waals surface area (Å²) in [5.74, 6) is 0.939. The summed E-state index contributed by atoms with van der Waals surface area (Å²) in [4.78, 5) is 25.5. The van der Waals surface area contributed by atoms with E-state index in [1.165, 1.54) is 0 Å². The summed E-state index contributed by atoms with van der Waals surface area (Å²) in [5.41, 5.74) is 7.98. The summed E-state index contributed by atoms with van der Waals surface area (Å²) in [6.45, 7) is 2.79. The highest BCUT2D eigenvalue weighted by Crippen LogP contribution is 2.28. The molecule has 1 amide bonds. The molecule has 0 bridgehead atoms. The fraction of sp³-hybridized carbons (Fsp3) is 0.278. The molecule has 1 unspecified atom stereocenters. The number of carbonyl (C=O) groups excluding carboxylic acids is 1. The van der Waals surface area contributed by atoms with Crippen molar-refractivity contribution in [3.63, 3.8) is 0 Å². The van der Waals surface area contributed by atoms with Crippen LogP contribution in [0, 0.1) is 0 Å². The van der Waals surface area contributed by atoms with Gasteiger partial charge in [-0.2, -0.15) is 0 Å². The van der Waals surface area contributed by atoms with Gasteiger partial charge in [-0.3, -0.25) is 4.79 Å². The number of aromatic nitrogens is 2. The average molecular weight is 353 g/mol. The monoisotopic (exact) mass is 353 g/mol. The second-order valence-corrected chi connectivity index (χ2v) is 6.95. The molecule has 1 aromatic carbocycles. The van der Waals surface area contributed by atoms with E-state index in [1.54, 1.807) is 17.7 Å². The van der Waals surface area contributed by atoms with Crippen LogP contribution in [0.4, 0.5) is 5.82 Å². The van der Waals surface area contributed by atoms with Gasteiger partial charge in [0.2, 0.25) is 5.91 Å². The van der Waals surface area contributed by atoms with Gasteiger partial charge in [-0.1, -0.05) is 30.3 Å². The maximum Gasteiger partial charge on any atom is 0.244 e. The SMILES string of the molecule is NC(C(=O)N1CCN(c2ncnc3ccsc23)CC1)c1ccccc1. The number of anilines is 1. The van der Waals surface area contributed by atoms with Crippen molar-refractivity contribution in [3.8, 4) is 0 Å². The molecule has 2 N–H and O–H groups in total. The number of thiophene rings is 1. The smallest absolute Gasteiger partial charge is 0.244 e. The summed E-state index contributed by atoms with van der Waals surface area (Å²) >= 11 is 1.65. The molecule has 25 heavy (non-hydrogen) atoms. The van der Waals surface area contributed by atoms with Crippen molar-refractivity contribution in [2.24, 2.45) is 5.73 Å². The van der Waals surface area contributed by atoms with Crippen molar-refractivity contribution in [2.45, 2.75) is 6.04 Å². The summed E-state index contributed by atoms with van der Waals surface area (Å²) in [6, 6.07) is 10.9. The molecular formula is C18H19N5OS. The average Bonchev–Trinajstić information content (AvgIpc) is 3.16. The van der Waals surface area contributed by atoms with Gasteiger partial charge < -0.3 is 15.5 Å². The first kappa shape index (κ1) is 16.0. The highest BCUT2D eigenvalue weighted by atomic mass is 32.1. The zero-order valence-corrected chi connectivity index (χ0v) is 14.5. The number of piperazine rings is 1. The Bertz CT molecular complexity index is 873. The molecule has 1 atom stereocenters. The minimum absolute atomic E-state index is 0.0187. The summed E-state index contributed by atoms with van der Waals surface area (Å²) < 4.78 is 1.10. The van der Waals surface area contributed by atoms with Gasteiger partial charge in [0.25, 0.3) is 0 Å². The van der Waals surface area contributed by atoms with Gasteiger partial charge in [0, 0.05) is 26.2 Å². The second kappa shape index (κ2) is 6.78. The van der Waals surface area contributed by atoms with E-state index in [2.05, 4.69) is 14.9 Å². The van der Waals surface area contributed by atoms with Crippen molar-refractivity contribution < 1.29 is 4.79 Å². The van der Waals surface area contributed by atoms with Crippen molar-refractivity contribution in [3.05, 3.63) is 53.7 Å². The van der Waals surface area contributed by atoms with E-state index in [0.29, 0.717) is 13.1 Å². The molecule has 128 valence electrons. The quantitative estimate of drug-likeness (QED) is 0.780. The number of hydrogen-bond acceptors (Lipinski definition) is 6. The first-order valence-electron chi connectivity index (χ1n) is 8.26. The van der Waals surface area contributed by atoms with Gasteiger partial charge in [-0.15, -0.1) is 11.3 Å². The molecule has 0 saturated carbocycles. The van der Waals surface area contributed by atoms with Crippen molar-refractivity contribution in [2.75, 3.05) is 31.1 Å². The summed E-state index contributed by atoms with van der Waals surface area (Å²) in [7, 11) is 0. The maximum absolute atomic E-state index is 12.7. The van der Waals surface area contributed by atoms with Crippen molar-refractivity contribution in [1.29, 1.82) is 0 Å². The number of hydrogen-bond donors (Lipinski definition) is 1. The van der Waals surface area contributed by atoms with Gasteiger partial charge in [0.15, 0.2) is 0 Å². The first-order valence-corrected chi connectivity index (χ1v) is 9.14. The second-order valence-electron chi connectivity index (χ2n) is 6.03. The molecule has 3 aromatic rings. The van der Waals surface area contributed by atoms with Crippen LogP contribution in [0.1, 0.15) is 11.6 Å². The van der Waals surface area contributed by atoms with Crippen molar-refractivity contribution in [1.82, 2.24) is 14.9 Å². The fourth-order valence-electron chi connectivity index (χ4n) is 3.14. The molecule has 3 heterocycles. The van der Waals surface area contributed by atoms with E-state index in [0.717, 1.165) is 34.7 Å².